The van der Waals surface area contributed by atoms with Crippen molar-refractivity contribution >= 4 is 23.2 Å². The van der Waals surface area contributed by atoms with Crippen LogP contribution in [-0.4, -0.2) is 25.2 Å². The largest absolute Gasteiger partial charge is 0.494 e. The summed E-state index contributed by atoms with van der Waals surface area (Å²) < 4.78 is 16.7. The monoisotopic (exact) mass is 363 g/mol. The van der Waals surface area contributed by atoms with Gasteiger partial charge in [-0.25, -0.2) is 0 Å². The van der Waals surface area contributed by atoms with Gasteiger partial charge in [-0.05, 0) is 51.1 Å². The van der Waals surface area contributed by atoms with E-state index >= 15 is 0 Å². The number of amides is 1. The smallest absolute Gasteiger partial charge is 0.265 e. The Bertz CT molecular complexity index is 720. The van der Waals surface area contributed by atoms with Crippen LogP contribution in [-0.2, 0) is 4.79 Å². The van der Waals surface area contributed by atoms with Crippen molar-refractivity contribution in [3.8, 4) is 17.2 Å². The first-order chi connectivity index (χ1) is 12.0. The van der Waals surface area contributed by atoms with Crippen LogP contribution < -0.4 is 19.5 Å². The van der Waals surface area contributed by atoms with Crippen molar-refractivity contribution in [2.24, 2.45) is 0 Å². The standard InChI is InChI=1S/C19H22ClNO4/c1-4-23-15-9-10-18(24-5-2)17(12-15)21-19(22)13(3)25-16-8-6-7-14(20)11-16/h6-13H,4-5H2,1-3H3,(H,21,22). The molecule has 2 aromatic carbocycles. The lowest BCUT2D eigenvalue weighted by Gasteiger charge is -2.17. The van der Waals surface area contributed by atoms with Crippen molar-refractivity contribution in [1.29, 1.82) is 0 Å². The second kappa shape index (κ2) is 9.18. The number of halogens is 1. The van der Waals surface area contributed by atoms with Gasteiger partial charge in [0, 0.05) is 11.1 Å². The number of carbonyl (C=O) groups excluding carboxylic acids is 1. The molecule has 0 radical (unpaired) electrons. The Morgan fingerprint density at radius 1 is 1.08 bits per heavy atom. The van der Waals surface area contributed by atoms with E-state index in [-0.39, 0.29) is 5.91 Å². The summed E-state index contributed by atoms with van der Waals surface area (Å²) in [5, 5.41) is 3.38. The van der Waals surface area contributed by atoms with Gasteiger partial charge in [-0.15, -0.1) is 0 Å². The second-order valence-corrected chi connectivity index (χ2v) is 5.67. The summed E-state index contributed by atoms with van der Waals surface area (Å²) in [5.41, 5.74) is 0.541. The Labute approximate surface area is 152 Å². The first kappa shape index (κ1) is 18.9. The molecule has 25 heavy (non-hydrogen) atoms. The summed E-state index contributed by atoms with van der Waals surface area (Å²) in [5.74, 6) is 1.47. The van der Waals surface area contributed by atoms with Gasteiger partial charge in [0.2, 0.25) is 0 Å². The van der Waals surface area contributed by atoms with Gasteiger partial charge in [0.1, 0.15) is 17.2 Å². The lowest BCUT2D eigenvalue weighted by Crippen LogP contribution is -2.30. The van der Waals surface area contributed by atoms with Crippen molar-refractivity contribution in [3.63, 3.8) is 0 Å². The molecule has 0 spiro atoms. The Morgan fingerprint density at radius 2 is 1.84 bits per heavy atom. The highest BCUT2D eigenvalue weighted by Gasteiger charge is 2.17. The van der Waals surface area contributed by atoms with Crippen molar-refractivity contribution in [1.82, 2.24) is 0 Å². The van der Waals surface area contributed by atoms with E-state index in [9.17, 15) is 4.79 Å². The van der Waals surface area contributed by atoms with Crippen LogP contribution in [0.5, 0.6) is 17.2 Å². The van der Waals surface area contributed by atoms with E-state index in [4.69, 9.17) is 25.8 Å². The number of benzene rings is 2. The first-order valence-corrected chi connectivity index (χ1v) is 8.54. The van der Waals surface area contributed by atoms with E-state index in [1.807, 2.05) is 13.8 Å². The third kappa shape index (κ3) is 5.57. The number of nitrogens with one attached hydrogen (secondary N) is 1. The van der Waals surface area contributed by atoms with Crippen LogP contribution in [0, 0.1) is 0 Å². The minimum Gasteiger partial charge on any atom is -0.494 e. The average molecular weight is 364 g/mol. The van der Waals surface area contributed by atoms with E-state index < -0.39 is 6.10 Å². The number of rotatable bonds is 8. The summed E-state index contributed by atoms with van der Waals surface area (Å²) in [6.45, 7) is 6.48. The SMILES string of the molecule is CCOc1ccc(OCC)c(NC(=O)C(C)Oc2cccc(Cl)c2)c1. The third-order valence-electron chi connectivity index (χ3n) is 3.30. The van der Waals surface area contributed by atoms with Gasteiger partial charge >= 0.3 is 0 Å². The molecule has 6 heteroatoms. The fourth-order valence-corrected chi connectivity index (χ4v) is 2.36. The molecule has 0 aliphatic heterocycles. The van der Waals surface area contributed by atoms with Crippen LogP contribution in [0.4, 0.5) is 5.69 Å². The van der Waals surface area contributed by atoms with Gasteiger partial charge in [0.05, 0.1) is 18.9 Å². The normalized spacial score (nSPS) is 11.5. The molecule has 0 aromatic heterocycles. The molecule has 2 aromatic rings. The van der Waals surface area contributed by atoms with Crippen molar-refractivity contribution in [2.45, 2.75) is 26.9 Å². The van der Waals surface area contributed by atoms with E-state index in [2.05, 4.69) is 5.32 Å². The summed E-state index contributed by atoms with van der Waals surface area (Å²) in [6.07, 6.45) is -0.705. The average Bonchev–Trinajstić information content (AvgIpc) is 2.57. The van der Waals surface area contributed by atoms with Gasteiger partial charge in [-0.2, -0.15) is 0 Å². The van der Waals surface area contributed by atoms with Gasteiger partial charge in [0.25, 0.3) is 5.91 Å². The van der Waals surface area contributed by atoms with Gasteiger partial charge in [-0.1, -0.05) is 17.7 Å². The van der Waals surface area contributed by atoms with E-state index in [0.717, 1.165) is 0 Å². The van der Waals surface area contributed by atoms with Gasteiger partial charge in [0.15, 0.2) is 6.10 Å². The van der Waals surface area contributed by atoms with E-state index in [0.29, 0.717) is 41.2 Å². The van der Waals surface area contributed by atoms with Crippen molar-refractivity contribution < 1.29 is 19.0 Å². The predicted molar refractivity (Wildman–Crippen MR) is 99.0 cm³/mol. The fourth-order valence-electron chi connectivity index (χ4n) is 2.18. The maximum atomic E-state index is 12.5. The first-order valence-electron chi connectivity index (χ1n) is 8.16. The minimum atomic E-state index is -0.705. The Kier molecular flexibility index (Phi) is 6.95. The molecule has 0 aliphatic carbocycles. The number of hydrogen-bond acceptors (Lipinski definition) is 4. The quantitative estimate of drug-likeness (QED) is 0.747. The van der Waals surface area contributed by atoms with Crippen LogP contribution in [0.15, 0.2) is 42.5 Å². The molecule has 0 heterocycles. The number of carbonyl (C=O) groups is 1. The highest BCUT2D eigenvalue weighted by molar-refractivity contribution is 6.30. The zero-order valence-corrected chi connectivity index (χ0v) is 15.3. The molecule has 0 fully saturated rings. The number of anilines is 1. The molecular weight excluding hydrogens is 342 g/mol. The molecule has 0 saturated heterocycles. The summed E-state index contributed by atoms with van der Waals surface area (Å²) >= 11 is 5.93. The number of hydrogen-bond donors (Lipinski definition) is 1. The van der Waals surface area contributed by atoms with Crippen LogP contribution in [0.1, 0.15) is 20.8 Å². The predicted octanol–water partition coefficient (Wildman–Crippen LogP) is 4.54. The van der Waals surface area contributed by atoms with Crippen LogP contribution in [0.3, 0.4) is 0 Å². The summed E-state index contributed by atoms with van der Waals surface area (Å²) in [6, 6.07) is 12.2. The zero-order chi connectivity index (χ0) is 18.2. The molecule has 0 saturated carbocycles. The zero-order valence-electron chi connectivity index (χ0n) is 14.5. The summed E-state index contributed by atoms with van der Waals surface area (Å²) in [7, 11) is 0. The van der Waals surface area contributed by atoms with Gasteiger partial charge < -0.3 is 19.5 Å². The molecule has 0 aliphatic rings. The highest BCUT2D eigenvalue weighted by atomic mass is 35.5. The molecule has 1 N–H and O–H groups in total. The number of ether oxygens (including phenoxy) is 3. The van der Waals surface area contributed by atoms with Gasteiger partial charge in [-0.3, -0.25) is 4.79 Å². The molecular formula is C19H22ClNO4. The topological polar surface area (TPSA) is 56.8 Å². The Hall–Kier alpha value is -2.40. The molecule has 2 rings (SSSR count). The van der Waals surface area contributed by atoms with Crippen LogP contribution in [0.25, 0.3) is 0 Å². The van der Waals surface area contributed by atoms with Crippen molar-refractivity contribution in [3.05, 3.63) is 47.5 Å². The molecule has 1 unspecified atom stereocenters. The molecule has 0 bridgehead atoms. The lowest BCUT2D eigenvalue weighted by molar-refractivity contribution is -0.122. The van der Waals surface area contributed by atoms with Crippen LogP contribution >= 0.6 is 11.6 Å². The maximum absolute atomic E-state index is 12.5. The minimum absolute atomic E-state index is 0.297. The maximum Gasteiger partial charge on any atom is 0.265 e. The molecule has 1 atom stereocenters. The lowest BCUT2D eigenvalue weighted by atomic mass is 10.2. The third-order valence-corrected chi connectivity index (χ3v) is 3.53. The van der Waals surface area contributed by atoms with Crippen molar-refractivity contribution in [2.75, 3.05) is 18.5 Å². The second-order valence-electron chi connectivity index (χ2n) is 5.23. The molecule has 1 amide bonds. The highest BCUT2D eigenvalue weighted by Crippen LogP contribution is 2.30. The van der Waals surface area contributed by atoms with E-state index in [1.54, 1.807) is 49.4 Å². The Balaban J connectivity index is 2.10. The Morgan fingerprint density at radius 3 is 2.52 bits per heavy atom. The summed E-state index contributed by atoms with van der Waals surface area (Å²) in [4.78, 5) is 12.5. The van der Waals surface area contributed by atoms with Crippen LogP contribution in [0.2, 0.25) is 5.02 Å². The van der Waals surface area contributed by atoms with E-state index in [1.165, 1.54) is 0 Å². The molecule has 5 nitrogen and oxygen atoms in total. The molecule has 134 valence electrons. The fraction of sp³-hybridized carbons (Fsp3) is 0.316.